The molecule has 0 aliphatic heterocycles. The van der Waals surface area contributed by atoms with Crippen LogP contribution in [0.4, 0.5) is 17.3 Å². The molecule has 102 valence electrons. The highest BCUT2D eigenvalue weighted by Gasteiger charge is 2.21. The van der Waals surface area contributed by atoms with Crippen LogP contribution >= 0.6 is 0 Å². The Morgan fingerprint density at radius 3 is 2.60 bits per heavy atom. The van der Waals surface area contributed by atoms with E-state index >= 15 is 0 Å². The summed E-state index contributed by atoms with van der Waals surface area (Å²) in [6.07, 6.45) is 2.88. The Morgan fingerprint density at radius 2 is 2.00 bits per heavy atom. The zero-order valence-corrected chi connectivity index (χ0v) is 10.1. The van der Waals surface area contributed by atoms with Crippen molar-refractivity contribution in [3.8, 4) is 0 Å². The van der Waals surface area contributed by atoms with Crippen LogP contribution in [0.5, 0.6) is 0 Å². The van der Waals surface area contributed by atoms with Crippen LogP contribution in [-0.4, -0.2) is 20.8 Å². The summed E-state index contributed by atoms with van der Waals surface area (Å²) in [4.78, 5) is 29.9. The lowest BCUT2D eigenvalue weighted by Crippen LogP contribution is -2.16. The van der Waals surface area contributed by atoms with E-state index in [4.69, 9.17) is 5.84 Å². The smallest absolute Gasteiger partial charge is 0.282 e. The summed E-state index contributed by atoms with van der Waals surface area (Å²) < 4.78 is 0. The van der Waals surface area contributed by atoms with Crippen LogP contribution in [0.3, 0.4) is 0 Å². The predicted molar refractivity (Wildman–Crippen MR) is 70.9 cm³/mol. The van der Waals surface area contributed by atoms with Crippen LogP contribution in [0.15, 0.2) is 36.7 Å². The Kier molecular flexibility index (Phi) is 3.82. The Hall–Kier alpha value is -3.07. The van der Waals surface area contributed by atoms with Crippen molar-refractivity contribution in [3.63, 3.8) is 0 Å². The third kappa shape index (κ3) is 2.84. The van der Waals surface area contributed by atoms with E-state index in [1.165, 1.54) is 30.6 Å². The molecule has 1 amide bonds. The fourth-order valence-corrected chi connectivity index (χ4v) is 1.50. The Morgan fingerprint density at radius 1 is 1.30 bits per heavy atom. The van der Waals surface area contributed by atoms with Crippen molar-refractivity contribution >= 4 is 23.2 Å². The SMILES string of the molecule is NNc1ccc([N+](=O)[O-])c(C(=O)Nc2ncccn2)c1. The van der Waals surface area contributed by atoms with Gasteiger partial charge in [-0.1, -0.05) is 0 Å². The van der Waals surface area contributed by atoms with Gasteiger partial charge in [-0.05, 0) is 18.2 Å². The van der Waals surface area contributed by atoms with E-state index in [-0.39, 0.29) is 17.2 Å². The monoisotopic (exact) mass is 274 g/mol. The van der Waals surface area contributed by atoms with E-state index in [9.17, 15) is 14.9 Å². The zero-order chi connectivity index (χ0) is 14.5. The lowest BCUT2D eigenvalue weighted by molar-refractivity contribution is -0.385. The molecular weight excluding hydrogens is 264 g/mol. The van der Waals surface area contributed by atoms with Crippen molar-refractivity contribution in [2.75, 3.05) is 10.7 Å². The van der Waals surface area contributed by atoms with E-state index in [2.05, 4.69) is 20.7 Å². The van der Waals surface area contributed by atoms with E-state index in [0.29, 0.717) is 5.69 Å². The van der Waals surface area contributed by atoms with Crippen LogP contribution in [0.1, 0.15) is 10.4 Å². The Bertz CT molecular complexity index is 646. The molecule has 0 radical (unpaired) electrons. The number of carbonyl (C=O) groups is 1. The first kappa shape index (κ1) is 13.4. The molecule has 0 aliphatic carbocycles. The first-order chi connectivity index (χ1) is 9.61. The molecule has 1 aromatic carbocycles. The van der Waals surface area contributed by atoms with Crippen LogP contribution < -0.4 is 16.6 Å². The molecule has 9 nitrogen and oxygen atoms in total. The summed E-state index contributed by atoms with van der Waals surface area (Å²) in [7, 11) is 0. The molecule has 0 saturated carbocycles. The average Bonchev–Trinajstić information content (AvgIpc) is 2.47. The third-order valence-corrected chi connectivity index (χ3v) is 2.40. The number of rotatable bonds is 4. The topological polar surface area (TPSA) is 136 Å². The van der Waals surface area contributed by atoms with Gasteiger partial charge < -0.3 is 5.43 Å². The van der Waals surface area contributed by atoms with Gasteiger partial charge in [0.05, 0.1) is 4.92 Å². The van der Waals surface area contributed by atoms with Gasteiger partial charge in [0.2, 0.25) is 5.95 Å². The standard InChI is InChI=1S/C11H10N6O3/c12-16-7-2-3-9(17(19)20)8(6-7)10(18)15-11-13-4-1-5-14-11/h1-6,16H,12H2,(H,13,14,15,18). The largest absolute Gasteiger partial charge is 0.324 e. The van der Waals surface area contributed by atoms with Gasteiger partial charge >= 0.3 is 0 Å². The zero-order valence-electron chi connectivity index (χ0n) is 10.1. The lowest BCUT2D eigenvalue weighted by atomic mass is 10.1. The van der Waals surface area contributed by atoms with Gasteiger partial charge in [-0.25, -0.2) is 9.97 Å². The molecule has 0 bridgehead atoms. The van der Waals surface area contributed by atoms with Crippen molar-refractivity contribution in [1.29, 1.82) is 0 Å². The molecule has 1 aromatic heterocycles. The summed E-state index contributed by atoms with van der Waals surface area (Å²) in [6, 6.07) is 5.44. The minimum atomic E-state index is -0.694. The molecule has 9 heteroatoms. The number of benzene rings is 1. The maximum Gasteiger partial charge on any atom is 0.282 e. The maximum absolute atomic E-state index is 12.0. The molecule has 0 fully saturated rings. The van der Waals surface area contributed by atoms with Crippen molar-refractivity contribution in [3.05, 3.63) is 52.3 Å². The summed E-state index contributed by atoms with van der Waals surface area (Å²) in [6.45, 7) is 0. The van der Waals surface area contributed by atoms with Gasteiger partial charge in [0.1, 0.15) is 5.56 Å². The molecule has 0 aliphatic rings. The number of nitro groups is 1. The van der Waals surface area contributed by atoms with E-state index in [1.54, 1.807) is 6.07 Å². The average molecular weight is 274 g/mol. The Balaban J connectivity index is 2.35. The van der Waals surface area contributed by atoms with Crippen LogP contribution in [-0.2, 0) is 0 Å². The van der Waals surface area contributed by atoms with E-state index in [1.807, 2.05) is 0 Å². The molecule has 0 atom stereocenters. The number of anilines is 2. The quantitative estimate of drug-likeness (QED) is 0.428. The molecule has 20 heavy (non-hydrogen) atoms. The van der Waals surface area contributed by atoms with Crippen molar-refractivity contribution in [2.45, 2.75) is 0 Å². The molecular formula is C11H10N6O3. The van der Waals surface area contributed by atoms with Crippen molar-refractivity contribution in [2.24, 2.45) is 5.84 Å². The van der Waals surface area contributed by atoms with Gasteiger partial charge in [-0.3, -0.25) is 26.1 Å². The minimum Gasteiger partial charge on any atom is -0.324 e. The summed E-state index contributed by atoms with van der Waals surface area (Å²) in [5.74, 6) is 4.58. The van der Waals surface area contributed by atoms with Crippen LogP contribution in [0.2, 0.25) is 0 Å². The second-order valence-electron chi connectivity index (χ2n) is 3.66. The van der Waals surface area contributed by atoms with Gasteiger partial charge in [-0.15, -0.1) is 0 Å². The highest BCUT2D eigenvalue weighted by molar-refractivity contribution is 6.06. The number of nitrogens with zero attached hydrogens (tertiary/aromatic N) is 3. The number of hydrogen-bond donors (Lipinski definition) is 3. The Labute approximate surface area is 113 Å². The second-order valence-corrected chi connectivity index (χ2v) is 3.66. The highest BCUT2D eigenvalue weighted by Crippen LogP contribution is 2.22. The number of carbonyl (C=O) groups excluding carboxylic acids is 1. The molecule has 0 saturated heterocycles. The number of hydrazine groups is 1. The second kappa shape index (κ2) is 5.71. The summed E-state index contributed by atoms with van der Waals surface area (Å²) in [5.41, 5.74) is 2.21. The summed E-state index contributed by atoms with van der Waals surface area (Å²) >= 11 is 0. The van der Waals surface area contributed by atoms with E-state index < -0.39 is 10.8 Å². The number of amides is 1. The van der Waals surface area contributed by atoms with Crippen LogP contribution in [0.25, 0.3) is 0 Å². The van der Waals surface area contributed by atoms with Gasteiger partial charge in [0.25, 0.3) is 11.6 Å². The predicted octanol–water partition coefficient (Wildman–Crippen LogP) is 0.923. The molecule has 2 rings (SSSR count). The summed E-state index contributed by atoms with van der Waals surface area (Å²) in [5, 5.41) is 13.3. The van der Waals surface area contributed by atoms with Crippen LogP contribution in [0, 0.1) is 10.1 Å². The number of hydrogen-bond acceptors (Lipinski definition) is 7. The van der Waals surface area contributed by atoms with Gasteiger partial charge in [0.15, 0.2) is 0 Å². The van der Waals surface area contributed by atoms with Crippen molar-refractivity contribution < 1.29 is 9.72 Å². The number of aromatic nitrogens is 2. The maximum atomic E-state index is 12.0. The van der Waals surface area contributed by atoms with Gasteiger partial charge in [0, 0.05) is 24.1 Å². The van der Waals surface area contributed by atoms with Crippen molar-refractivity contribution in [1.82, 2.24) is 9.97 Å². The normalized spacial score (nSPS) is 9.85. The fraction of sp³-hybridized carbons (Fsp3) is 0. The number of nitrogen functional groups attached to an aromatic ring is 1. The number of nitrogens with two attached hydrogens (primary N) is 1. The molecule has 0 spiro atoms. The molecule has 1 heterocycles. The number of nitrogens with one attached hydrogen (secondary N) is 2. The third-order valence-electron chi connectivity index (χ3n) is 2.40. The highest BCUT2D eigenvalue weighted by atomic mass is 16.6. The first-order valence-corrected chi connectivity index (χ1v) is 5.45. The first-order valence-electron chi connectivity index (χ1n) is 5.45. The molecule has 4 N–H and O–H groups in total. The number of nitro benzene ring substituents is 1. The van der Waals surface area contributed by atoms with E-state index in [0.717, 1.165) is 0 Å². The lowest BCUT2D eigenvalue weighted by Gasteiger charge is -2.06. The minimum absolute atomic E-state index is 0.0536. The fourth-order valence-electron chi connectivity index (χ4n) is 1.50. The molecule has 2 aromatic rings. The molecule has 0 unspecified atom stereocenters. The van der Waals surface area contributed by atoms with Gasteiger partial charge in [-0.2, -0.15) is 0 Å².